The van der Waals surface area contributed by atoms with Gasteiger partial charge in [-0.15, -0.1) is 18.3 Å². The van der Waals surface area contributed by atoms with Crippen molar-refractivity contribution in [2.45, 2.75) is 54.9 Å². The highest BCUT2D eigenvalue weighted by Gasteiger charge is 2.18. The van der Waals surface area contributed by atoms with Crippen LogP contribution in [0.3, 0.4) is 0 Å². The molecule has 0 bridgehead atoms. The summed E-state index contributed by atoms with van der Waals surface area (Å²) < 4.78 is 8.98. The maximum absolute atomic E-state index is 2.33. The Kier molecular flexibility index (Phi) is 7.82. The van der Waals surface area contributed by atoms with E-state index in [9.17, 15) is 0 Å². The van der Waals surface area contributed by atoms with Crippen LogP contribution in [-0.2, 0) is 13.3 Å². The first kappa shape index (κ1) is 23.3. The predicted molar refractivity (Wildman–Crippen MR) is 126 cm³/mol. The summed E-state index contributed by atoms with van der Waals surface area (Å²) in [6.07, 6.45) is 8.40. The van der Waals surface area contributed by atoms with E-state index >= 15 is 0 Å². The molecule has 4 heteroatoms. The number of aromatic nitrogens is 4. The lowest BCUT2D eigenvalue weighted by Gasteiger charge is -2.04. The molecule has 0 saturated heterocycles. The minimum Gasteiger partial charge on any atom is -0.147 e. The van der Waals surface area contributed by atoms with E-state index in [1.807, 2.05) is 0 Å². The van der Waals surface area contributed by atoms with Crippen molar-refractivity contribution in [3.8, 4) is 0 Å². The van der Waals surface area contributed by atoms with Gasteiger partial charge in [-0.1, -0.05) is 0 Å². The molecule has 4 aromatic heterocycles. The van der Waals surface area contributed by atoms with E-state index < -0.39 is 0 Å². The Bertz CT molecular complexity index is 1030. The molecule has 0 radical (unpaired) electrons. The molecule has 0 N–H and O–H groups in total. The first-order valence-corrected chi connectivity index (χ1v) is 11.2. The van der Waals surface area contributed by atoms with Gasteiger partial charge in [-0.05, 0) is 37.1 Å². The Labute approximate surface area is 192 Å². The Morgan fingerprint density at radius 2 is 0.750 bits per heavy atom. The second kappa shape index (κ2) is 10.8. The van der Waals surface area contributed by atoms with Crippen LogP contribution >= 0.6 is 0 Å². The molecule has 4 rings (SSSR count). The van der Waals surface area contributed by atoms with Crippen molar-refractivity contribution in [2.24, 2.45) is 0 Å². The number of rotatable bonds is 4. The zero-order valence-electron chi connectivity index (χ0n) is 20.3. The third-order valence-electron chi connectivity index (χ3n) is 5.78. The molecule has 0 saturated carbocycles. The van der Waals surface area contributed by atoms with Crippen LogP contribution in [0.1, 0.15) is 33.9 Å². The normalized spacial score (nSPS) is 10.4. The summed E-state index contributed by atoms with van der Waals surface area (Å²) in [5.41, 5.74) is 7.75. The summed E-state index contributed by atoms with van der Waals surface area (Å²) in [6.45, 7) is 14.6. The molecule has 0 aliphatic heterocycles. The molecule has 4 heterocycles. The molecule has 4 aromatic rings. The molecule has 32 heavy (non-hydrogen) atoms. The van der Waals surface area contributed by atoms with E-state index in [1.54, 1.807) is 0 Å². The second-order valence-electron chi connectivity index (χ2n) is 8.54. The molecule has 0 fully saturated rings. The lowest BCUT2D eigenvalue weighted by atomic mass is 10.3. The fourth-order valence-electron chi connectivity index (χ4n) is 3.60. The highest BCUT2D eigenvalue weighted by Crippen LogP contribution is 1.97. The quantitative estimate of drug-likeness (QED) is 0.443. The summed E-state index contributed by atoms with van der Waals surface area (Å²) >= 11 is 0. The first-order chi connectivity index (χ1) is 15.3. The van der Waals surface area contributed by atoms with Gasteiger partial charge in [0, 0.05) is 76.2 Å². The summed E-state index contributed by atoms with van der Waals surface area (Å²) in [6, 6.07) is 21.3. The lowest BCUT2D eigenvalue weighted by Crippen LogP contribution is -2.57. The topological polar surface area (TPSA) is 15.5 Å². The Hall–Kier alpha value is -3.40. The monoisotopic (exact) mass is 428 g/mol. The van der Waals surface area contributed by atoms with Gasteiger partial charge in [-0.2, -0.15) is 0 Å². The SMILES string of the molecule is Cc1cc[n+](C[n+]2ccc(C)cc2)cc1.Cc1cccc(C)[n+]1C[n+]1c(C)cccc1C. The van der Waals surface area contributed by atoms with Crippen LogP contribution in [-0.4, -0.2) is 0 Å². The van der Waals surface area contributed by atoms with Crippen molar-refractivity contribution in [3.05, 3.63) is 119 Å². The number of hydrogen-bond acceptors (Lipinski definition) is 0. The van der Waals surface area contributed by atoms with Crippen LogP contribution in [0.25, 0.3) is 0 Å². The highest BCUT2D eigenvalue weighted by atomic mass is 15.2. The Morgan fingerprint density at radius 1 is 0.438 bits per heavy atom. The molecular weight excluding hydrogens is 392 g/mol. The van der Waals surface area contributed by atoms with Crippen LogP contribution in [0.15, 0.2) is 85.5 Å². The zero-order chi connectivity index (χ0) is 23.1. The van der Waals surface area contributed by atoms with Crippen molar-refractivity contribution in [1.82, 2.24) is 0 Å². The number of nitrogens with zero attached hydrogens (tertiary/aromatic N) is 4. The third kappa shape index (κ3) is 6.30. The van der Waals surface area contributed by atoms with Gasteiger partial charge in [0.15, 0.2) is 47.6 Å². The maximum atomic E-state index is 2.33. The molecule has 0 aliphatic carbocycles. The van der Waals surface area contributed by atoms with Crippen molar-refractivity contribution < 1.29 is 18.3 Å². The van der Waals surface area contributed by atoms with Gasteiger partial charge in [0.1, 0.15) is 0 Å². The predicted octanol–water partition coefficient (Wildman–Crippen LogP) is 3.39. The van der Waals surface area contributed by atoms with Crippen LogP contribution in [0.4, 0.5) is 0 Å². The van der Waals surface area contributed by atoms with E-state index in [-0.39, 0.29) is 0 Å². The largest absolute Gasteiger partial charge is 0.344 e. The number of aryl methyl sites for hydroxylation is 6. The van der Waals surface area contributed by atoms with Gasteiger partial charge in [0.25, 0.3) is 0 Å². The standard InChI is InChI=1S/C15H20N2.C13H16N2/c1-12-7-5-8-13(2)16(12)11-17-14(3)9-6-10-15(17)4;1-12-3-7-14(8-4-12)11-15-9-5-13(2)6-10-15/h5-10H,11H2,1-4H3;3-10H,11H2,1-2H3/q2*+2. The van der Waals surface area contributed by atoms with E-state index in [0.717, 1.165) is 13.3 Å². The molecular formula is C28H36N4+4. The first-order valence-electron chi connectivity index (χ1n) is 11.2. The summed E-state index contributed by atoms with van der Waals surface area (Å²) in [5.74, 6) is 0. The van der Waals surface area contributed by atoms with Crippen LogP contribution in [0.2, 0.25) is 0 Å². The molecule has 0 amide bonds. The average molecular weight is 429 g/mol. The third-order valence-corrected chi connectivity index (χ3v) is 5.78. The lowest BCUT2D eigenvalue weighted by molar-refractivity contribution is -0.921. The van der Waals surface area contributed by atoms with Crippen molar-refractivity contribution >= 4 is 0 Å². The zero-order valence-corrected chi connectivity index (χ0v) is 20.3. The van der Waals surface area contributed by atoms with Crippen LogP contribution in [0.5, 0.6) is 0 Å². The summed E-state index contributed by atoms with van der Waals surface area (Å²) in [7, 11) is 0. The molecule has 0 spiro atoms. The van der Waals surface area contributed by atoms with Gasteiger partial charge in [-0.25, -0.2) is 0 Å². The minimum atomic E-state index is 0.862. The van der Waals surface area contributed by atoms with Gasteiger partial charge in [-0.3, -0.25) is 0 Å². The fraction of sp³-hybridized carbons (Fsp3) is 0.286. The van der Waals surface area contributed by atoms with Gasteiger partial charge in [0.05, 0.1) is 0 Å². The average Bonchev–Trinajstić information content (AvgIpc) is 2.76. The van der Waals surface area contributed by atoms with E-state index in [2.05, 4.69) is 145 Å². The molecule has 4 nitrogen and oxygen atoms in total. The van der Waals surface area contributed by atoms with Crippen molar-refractivity contribution in [1.29, 1.82) is 0 Å². The smallest absolute Gasteiger partial charge is 0.147 e. The van der Waals surface area contributed by atoms with Gasteiger partial charge in [0.2, 0.25) is 0 Å². The summed E-state index contributed by atoms with van der Waals surface area (Å²) in [4.78, 5) is 0. The number of hydrogen-bond donors (Lipinski definition) is 0. The Morgan fingerprint density at radius 3 is 1.06 bits per heavy atom. The number of pyridine rings is 4. The summed E-state index contributed by atoms with van der Waals surface area (Å²) in [5, 5.41) is 0. The maximum Gasteiger partial charge on any atom is 0.344 e. The van der Waals surface area contributed by atoms with E-state index in [0.29, 0.717) is 0 Å². The molecule has 0 aliphatic rings. The van der Waals surface area contributed by atoms with Crippen molar-refractivity contribution in [2.75, 3.05) is 0 Å². The van der Waals surface area contributed by atoms with Gasteiger partial charge >= 0.3 is 13.3 Å². The van der Waals surface area contributed by atoms with E-state index in [4.69, 9.17) is 0 Å². The molecule has 0 aromatic carbocycles. The molecule has 0 unspecified atom stereocenters. The second-order valence-corrected chi connectivity index (χ2v) is 8.54. The van der Waals surface area contributed by atoms with Gasteiger partial charge < -0.3 is 0 Å². The van der Waals surface area contributed by atoms with E-state index in [1.165, 1.54) is 33.9 Å². The highest BCUT2D eigenvalue weighted by molar-refractivity contribution is 5.04. The minimum absolute atomic E-state index is 0.862. The Balaban J connectivity index is 0.000000182. The molecule has 0 atom stereocenters. The van der Waals surface area contributed by atoms with Crippen LogP contribution < -0.4 is 18.3 Å². The van der Waals surface area contributed by atoms with Crippen LogP contribution in [0, 0.1) is 41.5 Å². The fourth-order valence-corrected chi connectivity index (χ4v) is 3.60. The van der Waals surface area contributed by atoms with Crippen molar-refractivity contribution in [3.63, 3.8) is 0 Å². The molecule has 164 valence electrons.